The third-order valence-corrected chi connectivity index (χ3v) is 3.48. The lowest BCUT2D eigenvalue weighted by Gasteiger charge is -2.21. The van der Waals surface area contributed by atoms with Crippen molar-refractivity contribution in [2.45, 2.75) is 50.8 Å². The predicted octanol–water partition coefficient (Wildman–Crippen LogP) is 1.95. The van der Waals surface area contributed by atoms with Crippen LogP contribution in [0.1, 0.15) is 44.1 Å². The van der Waals surface area contributed by atoms with Crippen molar-refractivity contribution in [1.82, 2.24) is 10.3 Å². The smallest absolute Gasteiger partial charge is 0.181 e. The van der Waals surface area contributed by atoms with Crippen molar-refractivity contribution in [2.24, 2.45) is 0 Å². The number of hydrogen-bond donors (Lipinski definition) is 1. The topological polar surface area (TPSA) is 47.3 Å². The molecule has 0 amide bonds. The van der Waals surface area contributed by atoms with Gasteiger partial charge in [0.2, 0.25) is 0 Å². The summed E-state index contributed by atoms with van der Waals surface area (Å²) in [7, 11) is 0. The van der Waals surface area contributed by atoms with Crippen molar-refractivity contribution in [3.8, 4) is 0 Å². The summed E-state index contributed by atoms with van der Waals surface area (Å²) in [5.74, 6) is 0.915. The van der Waals surface area contributed by atoms with E-state index < -0.39 is 0 Å². The molecule has 4 heteroatoms. The van der Waals surface area contributed by atoms with E-state index in [2.05, 4.69) is 17.2 Å². The van der Waals surface area contributed by atoms with Crippen LogP contribution in [0.3, 0.4) is 0 Å². The highest BCUT2D eigenvalue weighted by Crippen LogP contribution is 2.37. The van der Waals surface area contributed by atoms with Crippen LogP contribution in [0.2, 0.25) is 0 Å². The standard InChI is InChI=1S/C12H18N2O2/c1-12(5-2-6-16-12)11-10(14-8-15-11)7-13-9-3-4-9/h8-9,13H,2-7H2,1H3. The second-order valence-electron chi connectivity index (χ2n) is 4.97. The fourth-order valence-electron chi connectivity index (χ4n) is 2.31. The first-order chi connectivity index (χ1) is 7.78. The summed E-state index contributed by atoms with van der Waals surface area (Å²) in [6.45, 7) is 3.73. The van der Waals surface area contributed by atoms with Crippen molar-refractivity contribution in [3.63, 3.8) is 0 Å². The Morgan fingerprint density at radius 3 is 3.12 bits per heavy atom. The molecule has 1 atom stereocenters. The first kappa shape index (κ1) is 10.3. The number of hydrogen-bond acceptors (Lipinski definition) is 4. The van der Waals surface area contributed by atoms with Crippen LogP contribution >= 0.6 is 0 Å². The van der Waals surface area contributed by atoms with Gasteiger partial charge in [0, 0.05) is 19.2 Å². The average molecular weight is 222 g/mol. The highest BCUT2D eigenvalue weighted by atomic mass is 16.5. The maximum Gasteiger partial charge on any atom is 0.181 e. The van der Waals surface area contributed by atoms with E-state index in [9.17, 15) is 0 Å². The molecule has 1 saturated heterocycles. The molecule has 1 aromatic heterocycles. The summed E-state index contributed by atoms with van der Waals surface area (Å²) >= 11 is 0. The minimum Gasteiger partial charge on any atom is -0.445 e. The first-order valence-corrected chi connectivity index (χ1v) is 6.08. The maximum absolute atomic E-state index is 5.79. The quantitative estimate of drug-likeness (QED) is 0.846. The Morgan fingerprint density at radius 1 is 1.56 bits per heavy atom. The predicted molar refractivity (Wildman–Crippen MR) is 58.9 cm³/mol. The molecule has 2 fully saturated rings. The Balaban J connectivity index is 1.75. The Bertz CT molecular complexity index is 365. The van der Waals surface area contributed by atoms with Crippen LogP contribution in [0.4, 0.5) is 0 Å². The largest absolute Gasteiger partial charge is 0.445 e. The number of rotatable bonds is 4. The summed E-state index contributed by atoms with van der Waals surface area (Å²) in [6, 6.07) is 0.696. The van der Waals surface area contributed by atoms with Crippen LogP contribution in [0, 0.1) is 0 Å². The molecule has 1 aliphatic heterocycles. The molecule has 1 aliphatic carbocycles. The van der Waals surface area contributed by atoms with Gasteiger partial charge in [0.1, 0.15) is 5.60 Å². The van der Waals surface area contributed by atoms with E-state index in [1.165, 1.54) is 19.2 Å². The van der Waals surface area contributed by atoms with Crippen LogP contribution in [0.25, 0.3) is 0 Å². The molecule has 2 heterocycles. The van der Waals surface area contributed by atoms with Crippen LogP contribution < -0.4 is 5.32 Å². The minimum absolute atomic E-state index is 0.253. The first-order valence-electron chi connectivity index (χ1n) is 6.08. The molecule has 1 saturated carbocycles. The van der Waals surface area contributed by atoms with Gasteiger partial charge in [-0.1, -0.05) is 0 Å². The van der Waals surface area contributed by atoms with Gasteiger partial charge in [-0.05, 0) is 32.6 Å². The van der Waals surface area contributed by atoms with Crippen molar-refractivity contribution >= 4 is 0 Å². The van der Waals surface area contributed by atoms with Crippen molar-refractivity contribution in [1.29, 1.82) is 0 Å². The van der Waals surface area contributed by atoms with E-state index in [1.807, 2.05) is 0 Å². The van der Waals surface area contributed by atoms with Crippen LogP contribution in [-0.4, -0.2) is 17.6 Å². The zero-order chi connectivity index (χ0) is 11.0. The molecule has 88 valence electrons. The van der Waals surface area contributed by atoms with Crippen LogP contribution in [0.15, 0.2) is 10.8 Å². The van der Waals surface area contributed by atoms with Gasteiger partial charge < -0.3 is 14.5 Å². The Labute approximate surface area is 95.4 Å². The van der Waals surface area contributed by atoms with E-state index in [1.54, 1.807) is 0 Å². The molecule has 16 heavy (non-hydrogen) atoms. The molecule has 4 nitrogen and oxygen atoms in total. The molecule has 1 aromatic rings. The number of oxazole rings is 1. The van der Waals surface area contributed by atoms with Gasteiger partial charge >= 0.3 is 0 Å². The van der Waals surface area contributed by atoms with Crippen molar-refractivity contribution < 1.29 is 9.15 Å². The van der Waals surface area contributed by atoms with Gasteiger partial charge in [0.15, 0.2) is 12.2 Å². The summed E-state index contributed by atoms with van der Waals surface area (Å²) in [4.78, 5) is 4.30. The Kier molecular flexibility index (Phi) is 2.48. The molecule has 0 aromatic carbocycles. The Morgan fingerprint density at radius 2 is 2.44 bits per heavy atom. The summed E-state index contributed by atoms with van der Waals surface area (Å²) in [6.07, 6.45) is 6.25. The van der Waals surface area contributed by atoms with E-state index in [0.717, 1.165) is 37.4 Å². The van der Waals surface area contributed by atoms with Gasteiger partial charge in [-0.15, -0.1) is 0 Å². The van der Waals surface area contributed by atoms with Gasteiger partial charge in [-0.3, -0.25) is 0 Å². The molecule has 2 aliphatic rings. The van der Waals surface area contributed by atoms with Gasteiger partial charge in [0.05, 0.1) is 5.69 Å². The zero-order valence-electron chi connectivity index (χ0n) is 9.66. The fourth-order valence-corrected chi connectivity index (χ4v) is 2.31. The number of ether oxygens (including phenoxy) is 1. The van der Waals surface area contributed by atoms with Crippen LogP contribution in [-0.2, 0) is 16.9 Å². The summed E-state index contributed by atoms with van der Waals surface area (Å²) in [5.41, 5.74) is 0.758. The van der Waals surface area contributed by atoms with Crippen molar-refractivity contribution in [2.75, 3.05) is 6.61 Å². The van der Waals surface area contributed by atoms with E-state index >= 15 is 0 Å². The highest BCUT2D eigenvalue weighted by molar-refractivity contribution is 5.16. The van der Waals surface area contributed by atoms with E-state index in [-0.39, 0.29) is 5.60 Å². The minimum atomic E-state index is -0.253. The van der Waals surface area contributed by atoms with Gasteiger partial charge in [-0.2, -0.15) is 0 Å². The van der Waals surface area contributed by atoms with E-state index in [0.29, 0.717) is 6.04 Å². The number of aromatic nitrogens is 1. The molecular weight excluding hydrogens is 204 g/mol. The lowest BCUT2D eigenvalue weighted by Crippen LogP contribution is -2.24. The third kappa shape index (κ3) is 1.87. The zero-order valence-corrected chi connectivity index (χ0v) is 9.66. The van der Waals surface area contributed by atoms with Crippen LogP contribution in [0.5, 0.6) is 0 Å². The maximum atomic E-state index is 5.79. The fraction of sp³-hybridized carbons (Fsp3) is 0.750. The normalized spacial score (nSPS) is 29.8. The van der Waals surface area contributed by atoms with E-state index in [4.69, 9.17) is 9.15 Å². The average Bonchev–Trinajstić information content (AvgIpc) is 2.79. The second kappa shape index (κ2) is 3.86. The number of nitrogens with one attached hydrogen (secondary N) is 1. The molecule has 1 N–H and O–H groups in total. The summed E-state index contributed by atoms with van der Waals surface area (Å²) < 4.78 is 11.3. The molecule has 0 bridgehead atoms. The second-order valence-corrected chi connectivity index (χ2v) is 4.97. The third-order valence-electron chi connectivity index (χ3n) is 3.48. The van der Waals surface area contributed by atoms with Crippen molar-refractivity contribution in [3.05, 3.63) is 17.8 Å². The lowest BCUT2D eigenvalue weighted by molar-refractivity contribution is -0.00184. The molecule has 0 spiro atoms. The molecule has 3 rings (SSSR count). The molecule has 1 unspecified atom stereocenters. The van der Waals surface area contributed by atoms with Gasteiger partial charge in [-0.25, -0.2) is 4.98 Å². The van der Waals surface area contributed by atoms with Gasteiger partial charge in [0.25, 0.3) is 0 Å². The monoisotopic (exact) mass is 222 g/mol. The SMILES string of the molecule is CC1(c2ocnc2CNC2CC2)CCCO1. The molecule has 0 radical (unpaired) electrons. The highest BCUT2D eigenvalue weighted by Gasteiger charge is 2.37. The molecular formula is C12H18N2O2. The Hall–Kier alpha value is -0.870. The lowest BCUT2D eigenvalue weighted by atomic mass is 9.98. The summed E-state index contributed by atoms with van der Waals surface area (Å²) in [5, 5.41) is 3.46. The number of nitrogens with zero attached hydrogens (tertiary/aromatic N) is 1.